The molecule has 0 aliphatic carbocycles. The largest absolute Gasteiger partial charge is 0.497 e. The molecule has 2 aliphatic rings. The normalized spacial score (nSPS) is 21.2. The number of nitrogens with one attached hydrogen (secondary N) is 3. The van der Waals surface area contributed by atoms with Gasteiger partial charge in [0.05, 0.1) is 20.5 Å². The second kappa shape index (κ2) is 13.8. The van der Waals surface area contributed by atoms with Gasteiger partial charge in [-0.15, -0.1) is 0 Å². The second-order valence-electron chi connectivity index (χ2n) is 11.5. The van der Waals surface area contributed by atoms with Crippen LogP contribution in [0.5, 0.6) is 11.5 Å². The summed E-state index contributed by atoms with van der Waals surface area (Å²) in [5.41, 5.74) is 3.19. The van der Waals surface area contributed by atoms with Crippen molar-refractivity contribution in [1.82, 2.24) is 30.2 Å². The van der Waals surface area contributed by atoms with Gasteiger partial charge < -0.3 is 44.4 Å². The van der Waals surface area contributed by atoms with Crippen molar-refractivity contribution in [2.75, 3.05) is 32.6 Å². The van der Waals surface area contributed by atoms with E-state index in [0.29, 0.717) is 30.1 Å². The first-order chi connectivity index (χ1) is 22.7. The highest BCUT2D eigenvalue weighted by molar-refractivity contribution is 5.83. The minimum Gasteiger partial charge on any atom is -0.497 e. The molecule has 15 nitrogen and oxygen atoms in total. The van der Waals surface area contributed by atoms with Crippen molar-refractivity contribution in [2.45, 2.75) is 57.3 Å². The number of nitrogens with zero attached hydrogens (tertiary/aromatic N) is 4. The first-order valence-electron chi connectivity index (χ1n) is 15.1. The van der Waals surface area contributed by atoms with E-state index in [-0.39, 0.29) is 13.1 Å². The molecule has 2 fully saturated rings. The predicted octanol–water partition coefficient (Wildman–Crippen LogP) is 2.92. The van der Waals surface area contributed by atoms with Crippen molar-refractivity contribution < 1.29 is 38.0 Å². The molecule has 4 aromatic rings. The van der Waals surface area contributed by atoms with Gasteiger partial charge in [-0.25, -0.2) is 19.7 Å². The summed E-state index contributed by atoms with van der Waals surface area (Å²) in [4.78, 5) is 37.1. The van der Waals surface area contributed by atoms with Crippen molar-refractivity contribution in [1.29, 1.82) is 0 Å². The molecule has 2 amide bonds. The molecule has 2 saturated heterocycles. The number of benzene rings is 2. The highest BCUT2D eigenvalue weighted by atomic mass is 16.8. The fourth-order valence-corrected chi connectivity index (χ4v) is 5.47. The van der Waals surface area contributed by atoms with Crippen LogP contribution in [0.15, 0.2) is 61.2 Å². The lowest BCUT2D eigenvalue weighted by molar-refractivity contribution is -0.195. The summed E-state index contributed by atoms with van der Waals surface area (Å²) in [5, 5.41) is 8.52. The molecule has 2 unspecified atom stereocenters. The summed E-state index contributed by atoms with van der Waals surface area (Å²) in [6.45, 7) is 4.46. The zero-order chi connectivity index (χ0) is 33.0. The number of rotatable bonds is 12. The zero-order valence-electron chi connectivity index (χ0n) is 26.5. The maximum Gasteiger partial charge on any atom is 0.325 e. The summed E-state index contributed by atoms with van der Waals surface area (Å²) in [6.07, 6.45) is 0.946. The maximum atomic E-state index is 12.2. The molecule has 0 saturated carbocycles. The lowest BCUT2D eigenvalue weighted by Gasteiger charge is -2.25. The summed E-state index contributed by atoms with van der Waals surface area (Å²) >= 11 is 0. The molecule has 15 heteroatoms. The van der Waals surface area contributed by atoms with Crippen molar-refractivity contribution in [3.8, 4) is 11.5 Å². The van der Waals surface area contributed by atoms with Gasteiger partial charge in [-0.2, -0.15) is 0 Å². The number of hydrogen-bond acceptors (Lipinski definition) is 12. The summed E-state index contributed by atoms with van der Waals surface area (Å²) < 4.78 is 36.2. The number of methoxy groups -OCH3 is 2. The van der Waals surface area contributed by atoms with Gasteiger partial charge in [0.2, 0.25) is 0 Å². The average Bonchev–Trinajstić information content (AvgIpc) is 3.75. The minimum absolute atomic E-state index is 0.115. The SMILES string of the molecule is COC(=O)CNC(=O)NC[C@H]1O[C@@H](n2cnc3c(NCc4ccc(OCc5ccc(OC)cc5)cc4)ncnc32)C2OC(C)(C)OC21. The Labute approximate surface area is 270 Å². The van der Waals surface area contributed by atoms with E-state index in [4.69, 9.17) is 23.7 Å². The third kappa shape index (κ3) is 7.37. The molecule has 3 N–H and O–H groups in total. The van der Waals surface area contributed by atoms with Gasteiger partial charge in [-0.1, -0.05) is 24.3 Å². The Balaban J connectivity index is 1.09. The van der Waals surface area contributed by atoms with E-state index in [2.05, 4.69) is 35.6 Å². The van der Waals surface area contributed by atoms with E-state index >= 15 is 0 Å². The molecule has 248 valence electrons. The average molecular weight is 648 g/mol. The summed E-state index contributed by atoms with van der Waals surface area (Å²) in [7, 11) is 2.89. The second-order valence-corrected chi connectivity index (χ2v) is 11.5. The van der Waals surface area contributed by atoms with Gasteiger partial charge >= 0.3 is 12.0 Å². The van der Waals surface area contributed by atoms with E-state index in [1.165, 1.54) is 13.4 Å². The monoisotopic (exact) mass is 647 g/mol. The maximum absolute atomic E-state index is 12.2. The van der Waals surface area contributed by atoms with Crippen LogP contribution in [-0.4, -0.2) is 82.9 Å². The fourth-order valence-electron chi connectivity index (χ4n) is 5.47. The molecule has 6 rings (SSSR count). The van der Waals surface area contributed by atoms with Crippen LogP contribution >= 0.6 is 0 Å². The third-order valence-corrected chi connectivity index (χ3v) is 7.79. The number of aromatic nitrogens is 4. The van der Waals surface area contributed by atoms with Gasteiger partial charge in [0.1, 0.15) is 49.3 Å². The number of fused-ring (bicyclic) bond motifs is 2. The van der Waals surface area contributed by atoms with Crippen LogP contribution in [-0.2, 0) is 36.9 Å². The van der Waals surface area contributed by atoms with Gasteiger partial charge in [0, 0.05) is 13.1 Å². The van der Waals surface area contributed by atoms with Crippen LogP contribution in [0.4, 0.5) is 10.6 Å². The van der Waals surface area contributed by atoms with E-state index in [1.807, 2.05) is 62.4 Å². The fraction of sp³-hybridized carbons (Fsp3) is 0.406. The van der Waals surface area contributed by atoms with Crippen LogP contribution in [0, 0.1) is 0 Å². The third-order valence-electron chi connectivity index (χ3n) is 7.79. The Hall–Kier alpha value is -4.99. The number of imidazole rings is 1. The molecular formula is C32H37N7O8. The number of anilines is 1. The zero-order valence-corrected chi connectivity index (χ0v) is 26.5. The van der Waals surface area contributed by atoms with Crippen molar-refractivity contribution in [3.63, 3.8) is 0 Å². The van der Waals surface area contributed by atoms with Crippen LogP contribution in [0.1, 0.15) is 31.2 Å². The Bertz CT molecular complexity index is 1700. The molecule has 4 heterocycles. The van der Waals surface area contributed by atoms with Gasteiger partial charge in [-0.3, -0.25) is 9.36 Å². The van der Waals surface area contributed by atoms with Gasteiger partial charge in [0.25, 0.3) is 0 Å². The standard InChI is InChI=1S/C32H37N7O8/c1-32(2)46-26-23(14-34-31(41)35-15-24(40)43-4)45-30(27(26)47-32)39-18-38-25-28(36-17-37-29(25)39)33-13-19-5-11-22(12-6-19)44-16-20-7-9-21(42-3)10-8-20/h5-12,17-18,23,26-27,30H,13-16H2,1-4H3,(H,33,36,37)(H2,34,35,41)/t23-,26?,27?,30-/m1/s1. The smallest absolute Gasteiger partial charge is 0.325 e. The first kappa shape index (κ1) is 32.0. The summed E-state index contributed by atoms with van der Waals surface area (Å²) in [5.74, 6) is 0.711. The minimum atomic E-state index is -0.864. The molecule has 47 heavy (non-hydrogen) atoms. The molecule has 2 aromatic heterocycles. The van der Waals surface area contributed by atoms with E-state index in [0.717, 1.165) is 22.6 Å². The summed E-state index contributed by atoms with van der Waals surface area (Å²) in [6, 6.07) is 15.1. The van der Waals surface area contributed by atoms with E-state index < -0.39 is 42.3 Å². The number of hydrogen-bond donors (Lipinski definition) is 3. The number of urea groups is 1. The highest BCUT2D eigenvalue weighted by Crippen LogP contribution is 2.43. The van der Waals surface area contributed by atoms with Crippen molar-refractivity contribution in [3.05, 3.63) is 72.3 Å². The Morgan fingerprint density at radius 1 is 0.915 bits per heavy atom. The molecule has 4 atom stereocenters. The van der Waals surface area contributed by atoms with Crippen molar-refractivity contribution >= 4 is 29.0 Å². The molecule has 0 radical (unpaired) electrons. The molecule has 0 bridgehead atoms. The number of carbonyl (C=O) groups excluding carboxylic acids is 2. The number of carbonyl (C=O) groups is 2. The Kier molecular flexibility index (Phi) is 9.38. The van der Waals surface area contributed by atoms with Gasteiger partial charge in [0.15, 0.2) is 29.0 Å². The predicted molar refractivity (Wildman–Crippen MR) is 168 cm³/mol. The van der Waals surface area contributed by atoms with Crippen LogP contribution < -0.4 is 25.4 Å². The quantitative estimate of drug-likeness (QED) is 0.193. The van der Waals surface area contributed by atoms with E-state index in [9.17, 15) is 9.59 Å². The Morgan fingerprint density at radius 2 is 1.64 bits per heavy atom. The topological polar surface area (TPSA) is 169 Å². The number of ether oxygens (including phenoxy) is 6. The number of esters is 1. The molecule has 0 spiro atoms. The molecular weight excluding hydrogens is 610 g/mol. The highest BCUT2D eigenvalue weighted by Gasteiger charge is 2.56. The molecule has 2 aliphatic heterocycles. The Morgan fingerprint density at radius 3 is 2.38 bits per heavy atom. The van der Waals surface area contributed by atoms with E-state index in [1.54, 1.807) is 18.0 Å². The van der Waals surface area contributed by atoms with Crippen molar-refractivity contribution in [2.24, 2.45) is 0 Å². The van der Waals surface area contributed by atoms with Crippen LogP contribution in [0.2, 0.25) is 0 Å². The van der Waals surface area contributed by atoms with Crippen LogP contribution in [0.3, 0.4) is 0 Å². The van der Waals surface area contributed by atoms with Gasteiger partial charge in [-0.05, 0) is 49.2 Å². The number of amides is 2. The molecule has 2 aromatic carbocycles. The first-order valence-corrected chi connectivity index (χ1v) is 15.1. The lowest BCUT2D eigenvalue weighted by Crippen LogP contribution is -2.45. The van der Waals surface area contributed by atoms with Crippen LogP contribution in [0.25, 0.3) is 11.2 Å². The lowest BCUT2D eigenvalue weighted by atomic mass is 10.1.